The Morgan fingerprint density at radius 1 is 0.895 bits per heavy atom. The van der Waals surface area contributed by atoms with Crippen molar-refractivity contribution in [3.05, 3.63) is 71.3 Å². The van der Waals surface area contributed by atoms with Crippen molar-refractivity contribution in [3.63, 3.8) is 0 Å². The van der Waals surface area contributed by atoms with Crippen molar-refractivity contribution in [2.24, 2.45) is 0 Å². The van der Waals surface area contributed by atoms with Gasteiger partial charge in [-0.15, -0.1) is 0 Å². The zero-order valence-corrected chi connectivity index (χ0v) is 11.4. The molecule has 2 aromatic carbocycles. The maximum absolute atomic E-state index is 12.1. The molecule has 0 heterocycles. The summed E-state index contributed by atoms with van der Waals surface area (Å²) in [7, 11) is 0. The van der Waals surface area contributed by atoms with Gasteiger partial charge in [0, 0.05) is 12.0 Å². The van der Waals surface area contributed by atoms with Crippen LogP contribution in [0.4, 0.5) is 0 Å². The van der Waals surface area contributed by atoms with Gasteiger partial charge in [0.1, 0.15) is 0 Å². The molecule has 0 aromatic heterocycles. The minimum atomic E-state index is 0.182. The molecule has 1 nitrogen and oxygen atoms in total. The van der Waals surface area contributed by atoms with Gasteiger partial charge in [0.05, 0.1) is 0 Å². The molecular weight excluding hydrogens is 232 g/mol. The summed E-state index contributed by atoms with van der Waals surface area (Å²) in [4.78, 5) is 12.1. The van der Waals surface area contributed by atoms with Crippen LogP contribution in [0.1, 0.15) is 41.3 Å². The molecule has 0 N–H and O–H groups in total. The Labute approximate surface area is 115 Å². The number of aryl methyl sites for hydroxylation is 1. The van der Waals surface area contributed by atoms with E-state index in [9.17, 15) is 4.79 Å². The van der Waals surface area contributed by atoms with E-state index < -0.39 is 0 Å². The molecular formula is C18H20O. The summed E-state index contributed by atoms with van der Waals surface area (Å²) in [6, 6.07) is 17.9. The van der Waals surface area contributed by atoms with E-state index in [1.54, 1.807) is 0 Å². The second-order valence-electron chi connectivity index (χ2n) is 4.89. The number of hydrogen-bond acceptors (Lipinski definition) is 1. The standard InChI is InChI=1S/C18H20O/c1-2-3-7-15-10-12-16(13-11-15)14-18(19)17-8-5-4-6-9-17/h4-6,8-13H,2-3,7,14H2,1H3. The van der Waals surface area contributed by atoms with E-state index in [1.165, 1.54) is 18.4 Å². The van der Waals surface area contributed by atoms with Crippen LogP contribution < -0.4 is 0 Å². The second-order valence-corrected chi connectivity index (χ2v) is 4.89. The van der Waals surface area contributed by atoms with Crippen LogP contribution in [0.5, 0.6) is 0 Å². The van der Waals surface area contributed by atoms with Gasteiger partial charge in [-0.25, -0.2) is 0 Å². The second kappa shape index (κ2) is 6.89. The molecule has 98 valence electrons. The first-order valence-electron chi connectivity index (χ1n) is 6.95. The molecule has 0 saturated heterocycles. The Hall–Kier alpha value is -1.89. The molecule has 0 fully saturated rings. The van der Waals surface area contributed by atoms with Gasteiger partial charge in [-0.2, -0.15) is 0 Å². The first-order valence-corrected chi connectivity index (χ1v) is 6.95. The molecule has 0 aliphatic heterocycles. The van der Waals surface area contributed by atoms with Gasteiger partial charge in [-0.3, -0.25) is 4.79 Å². The fraction of sp³-hybridized carbons (Fsp3) is 0.278. The van der Waals surface area contributed by atoms with Gasteiger partial charge >= 0.3 is 0 Å². The Morgan fingerprint density at radius 2 is 1.53 bits per heavy atom. The zero-order chi connectivity index (χ0) is 13.5. The van der Waals surface area contributed by atoms with Crippen LogP contribution in [0.25, 0.3) is 0 Å². The summed E-state index contributed by atoms with van der Waals surface area (Å²) in [6.07, 6.45) is 4.05. The summed E-state index contributed by atoms with van der Waals surface area (Å²) < 4.78 is 0. The largest absolute Gasteiger partial charge is 0.294 e. The molecule has 1 heteroatoms. The molecule has 0 unspecified atom stereocenters. The number of Topliss-reactive ketones (excluding diaryl/α,β-unsaturated/α-hetero) is 1. The number of rotatable bonds is 6. The van der Waals surface area contributed by atoms with Crippen molar-refractivity contribution in [2.75, 3.05) is 0 Å². The number of ketones is 1. The van der Waals surface area contributed by atoms with Crippen molar-refractivity contribution in [1.82, 2.24) is 0 Å². The number of carbonyl (C=O) groups excluding carboxylic acids is 1. The SMILES string of the molecule is CCCCc1ccc(CC(=O)c2ccccc2)cc1. The fourth-order valence-electron chi connectivity index (χ4n) is 2.12. The zero-order valence-electron chi connectivity index (χ0n) is 11.4. The first-order chi connectivity index (χ1) is 9.29. The Kier molecular flexibility index (Phi) is 4.91. The smallest absolute Gasteiger partial charge is 0.167 e. The van der Waals surface area contributed by atoms with Crippen molar-refractivity contribution < 1.29 is 4.79 Å². The number of carbonyl (C=O) groups is 1. The first kappa shape index (κ1) is 13.5. The van der Waals surface area contributed by atoms with E-state index in [0.717, 1.165) is 17.5 Å². The van der Waals surface area contributed by atoms with Crippen LogP contribution >= 0.6 is 0 Å². The predicted molar refractivity (Wildman–Crippen MR) is 79.5 cm³/mol. The lowest BCUT2D eigenvalue weighted by Crippen LogP contribution is -2.03. The van der Waals surface area contributed by atoms with Crippen LogP contribution in [0.2, 0.25) is 0 Å². The molecule has 0 amide bonds. The molecule has 2 rings (SSSR count). The third-order valence-corrected chi connectivity index (χ3v) is 3.30. The van der Waals surface area contributed by atoms with Gasteiger partial charge in [0.25, 0.3) is 0 Å². The van der Waals surface area contributed by atoms with Crippen LogP contribution in [0, 0.1) is 0 Å². The average molecular weight is 252 g/mol. The van der Waals surface area contributed by atoms with E-state index in [2.05, 4.69) is 31.2 Å². The summed E-state index contributed by atoms with van der Waals surface area (Å²) in [6.45, 7) is 2.20. The summed E-state index contributed by atoms with van der Waals surface area (Å²) in [5.41, 5.74) is 3.24. The highest BCUT2D eigenvalue weighted by molar-refractivity contribution is 5.97. The topological polar surface area (TPSA) is 17.1 Å². The molecule has 0 spiro atoms. The summed E-state index contributed by atoms with van der Waals surface area (Å²) >= 11 is 0. The third-order valence-electron chi connectivity index (χ3n) is 3.30. The van der Waals surface area contributed by atoms with Crippen LogP contribution in [-0.2, 0) is 12.8 Å². The lowest BCUT2D eigenvalue weighted by atomic mass is 10.0. The Morgan fingerprint density at radius 3 is 2.16 bits per heavy atom. The quantitative estimate of drug-likeness (QED) is 0.694. The minimum Gasteiger partial charge on any atom is -0.294 e. The van der Waals surface area contributed by atoms with Gasteiger partial charge in [0.2, 0.25) is 0 Å². The van der Waals surface area contributed by atoms with Gasteiger partial charge in [-0.05, 0) is 24.0 Å². The molecule has 0 atom stereocenters. The van der Waals surface area contributed by atoms with Gasteiger partial charge < -0.3 is 0 Å². The van der Waals surface area contributed by atoms with Crippen molar-refractivity contribution in [2.45, 2.75) is 32.6 Å². The maximum Gasteiger partial charge on any atom is 0.167 e. The number of hydrogen-bond donors (Lipinski definition) is 0. The van der Waals surface area contributed by atoms with E-state index in [1.807, 2.05) is 30.3 Å². The predicted octanol–water partition coefficient (Wildman–Crippen LogP) is 4.45. The minimum absolute atomic E-state index is 0.182. The van der Waals surface area contributed by atoms with Gasteiger partial charge in [0.15, 0.2) is 5.78 Å². The maximum atomic E-state index is 12.1. The third kappa shape index (κ3) is 4.06. The number of unbranched alkanes of at least 4 members (excludes halogenated alkanes) is 1. The molecule has 0 radical (unpaired) electrons. The van der Waals surface area contributed by atoms with Crippen molar-refractivity contribution in [3.8, 4) is 0 Å². The molecule has 0 aliphatic carbocycles. The van der Waals surface area contributed by atoms with Crippen LogP contribution in [-0.4, -0.2) is 5.78 Å². The van der Waals surface area contributed by atoms with E-state index in [-0.39, 0.29) is 5.78 Å². The number of benzene rings is 2. The summed E-state index contributed by atoms with van der Waals surface area (Å²) in [5, 5.41) is 0. The van der Waals surface area contributed by atoms with E-state index in [4.69, 9.17) is 0 Å². The van der Waals surface area contributed by atoms with Crippen molar-refractivity contribution >= 4 is 5.78 Å². The highest BCUT2D eigenvalue weighted by Gasteiger charge is 2.06. The highest BCUT2D eigenvalue weighted by Crippen LogP contribution is 2.11. The van der Waals surface area contributed by atoms with Crippen LogP contribution in [0.3, 0.4) is 0 Å². The monoisotopic (exact) mass is 252 g/mol. The molecule has 0 aliphatic rings. The molecule has 2 aromatic rings. The molecule has 19 heavy (non-hydrogen) atoms. The van der Waals surface area contributed by atoms with E-state index >= 15 is 0 Å². The lowest BCUT2D eigenvalue weighted by Gasteiger charge is -2.04. The van der Waals surface area contributed by atoms with Gasteiger partial charge in [-0.1, -0.05) is 67.9 Å². The lowest BCUT2D eigenvalue weighted by molar-refractivity contribution is 0.0993. The average Bonchev–Trinajstić information content (AvgIpc) is 2.47. The molecule has 0 saturated carbocycles. The normalized spacial score (nSPS) is 10.4. The molecule has 0 bridgehead atoms. The highest BCUT2D eigenvalue weighted by atomic mass is 16.1. The Balaban J connectivity index is 1.98. The van der Waals surface area contributed by atoms with Crippen LogP contribution in [0.15, 0.2) is 54.6 Å². The Bertz CT molecular complexity index is 511. The van der Waals surface area contributed by atoms with E-state index in [0.29, 0.717) is 6.42 Å². The summed E-state index contributed by atoms with van der Waals surface area (Å²) in [5.74, 6) is 0.182. The van der Waals surface area contributed by atoms with Crippen molar-refractivity contribution in [1.29, 1.82) is 0 Å². The fourth-order valence-corrected chi connectivity index (χ4v) is 2.12.